The first kappa shape index (κ1) is 11.2. The molecule has 0 atom stereocenters. The van der Waals surface area contributed by atoms with E-state index in [9.17, 15) is 4.79 Å². The minimum atomic E-state index is 0.0910. The van der Waals surface area contributed by atoms with Crippen molar-refractivity contribution in [1.82, 2.24) is 4.57 Å². The third kappa shape index (κ3) is 2.10. The molecule has 0 spiro atoms. The number of aromatic nitrogens is 1. The summed E-state index contributed by atoms with van der Waals surface area (Å²) in [7, 11) is 0. The van der Waals surface area contributed by atoms with Crippen LogP contribution in [0, 0.1) is 0 Å². The maximum atomic E-state index is 12.2. The van der Waals surface area contributed by atoms with Gasteiger partial charge in [0.1, 0.15) is 0 Å². The highest BCUT2D eigenvalue weighted by Gasteiger charge is 2.05. The zero-order valence-corrected chi connectivity index (χ0v) is 11.9. The monoisotopic (exact) mass is 325 g/mol. The third-order valence-corrected chi connectivity index (χ3v) is 5.04. The molecule has 2 nitrogen and oxygen atoms in total. The van der Waals surface area contributed by atoms with E-state index in [0.717, 1.165) is 13.9 Å². The van der Waals surface area contributed by atoms with E-state index in [2.05, 4.69) is 15.9 Å². The van der Waals surface area contributed by atoms with Crippen LogP contribution in [-0.2, 0) is 6.54 Å². The minimum Gasteiger partial charge on any atom is -0.310 e. The number of halogens is 1. The van der Waals surface area contributed by atoms with E-state index in [-0.39, 0.29) is 5.56 Å². The molecule has 3 heterocycles. The van der Waals surface area contributed by atoms with E-state index in [1.807, 2.05) is 35.8 Å². The average Bonchev–Trinajstić information content (AvgIpc) is 2.92. The van der Waals surface area contributed by atoms with Crippen LogP contribution in [0.3, 0.4) is 0 Å². The van der Waals surface area contributed by atoms with E-state index in [1.165, 1.54) is 4.88 Å². The van der Waals surface area contributed by atoms with Crippen molar-refractivity contribution in [2.45, 2.75) is 6.54 Å². The van der Waals surface area contributed by atoms with Crippen molar-refractivity contribution in [2.75, 3.05) is 0 Å². The van der Waals surface area contributed by atoms with Crippen LogP contribution in [0.15, 0.2) is 44.4 Å². The van der Waals surface area contributed by atoms with Crippen molar-refractivity contribution < 1.29 is 0 Å². The fourth-order valence-corrected chi connectivity index (χ4v) is 3.99. The van der Waals surface area contributed by atoms with Crippen molar-refractivity contribution >= 4 is 48.7 Å². The molecule has 86 valence electrons. The zero-order valence-electron chi connectivity index (χ0n) is 8.72. The summed E-state index contributed by atoms with van der Waals surface area (Å²) < 4.78 is 3.91. The van der Waals surface area contributed by atoms with E-state index in [4.69, 9.17) is 0 Å². The van der Waals surface area contributed by atoms with Crippen LogP contribution in [0.1, 0.15) is 4.88 Å². The lowest BCUT2D eigenvalue weighted by molar-refractivity contribution is 0.779. The molecule has 0 aliphatic carbocycles. The maximum absolute atomic E-state index is 12.2. The number of thiophene rings is 2. The summed E-state index contributed by atoms with van der Waals surface area (Å²) in [5, 5.41) is 2.77. The molecule has 3 aromatic rings. The van der Waals surface area contributed by atoms with Gasteiger partial charge in [0.05, 0.1) is 15.7 Å². The molecule has 0 radical (unpaired) electrons. The highest BCUT2D eigenvalue weighted by atomic mass is 79.9. The van der Waals surface area contributed by atoms with E-state index in [1.54, 1.807) is 27.2 Å². The lowest BCUT2D eigenvalue weighted by Gasteiger charge is -2.03. The van der Waals surface area contributed by atoms with Gasteiger partial charge in [-0.1, -0.05) is 0 Å². The van der Waals surface area contributed by atoms with Crippen LogP contribution < -0.4 is 5.56 Å². The molecular formula is C12H8BrNOS2. The first-order chi connectivity index (χ1) is 8.24. The quantitative estimate of drug-likeness (QED) is 0.699. The fourth-order valence-electron chi connectivity index (χ4n) is 1.74. The molecule has 17 heavy (non-hydrogen) atoms. The molecule has 0 aromatic carbocycles. The largest absolute Gasteiger partial charge is 0.310 e. The third-order valence-electron chi connectivity index (χ3n) is 2.55. The van der Waals surface area contributed by atoms with Crippen molar-refractivity contribution in [3.05, 3.63) is 54.9 Å². The molecule has 0 unspecified atom stereocenters. The summed E-state index contributed by atoms with van der Waals surface area (Å²) in [5.74, 6) is 0. The molecule has 0 fully saturated rings. The summed E-state index contributed by atoms with van der Waals surface area (Å²) in [6.07, 6.45) is 1.87. The van der Waals surface area contributed by atoms with Gasteiger partial charge in [0.25, 0.3) is 5.56 Å². The number of hydrogen-bond donors (Lipinski definition) is 0. The van der Waals surface area contributed by atoms with E-state index < -0.39 is 0 Å². The van der Waals surface area contributed by atoms with Crippen molar-refractivity contribution in [3.8, 4) is 0 Å². The Bertz CT molecular complexity index is 725. The second-order valence-corrected chi connectivity index (χ2v) is 7.15. The fraction of sp³-hybridized carbons (Fsp3) is 0.0833. The predicted octanol–water partition coefficient (Wildman–Crippen LogP) is 3.94. The van der Waals surface area contributed by atoms with E-state index >= 15 is 0 Å². The second-order valence-electron chi connectivity index (χ2n) is 3.65. The molecule has 0 aliphatic rings. The molecule has 0 N–H and O–H groups in total. The highest BCUT2D eigenvalue weighted by molar-refractivity contribution is 9.11. The summed E-state index contributed by atoms with van der Waals surface area (Å²) in [6.45, 7) is 0.640. The molecule has 0 saturated carbocycles. The van der Waals surface area contributed by atoms with Gasteiger partial charge < -0.3 is 4.57 Å². The molecular weight excluding hydrogens is 318 g/mol. The van der Waals surface area contributed by atoms with Gasteiger partial charge in [-0.05, 0) is 45.6 Å². The van der Waals surface area contributed by atoms with Crippen LogP contribution in [0.4, 0.5) is 0 Å². The van der Waals surface area contributed by atoms with Gasteiger partial charge in [0, 0.05) is 15.8 Å². The SMILES string of the molecule is O=c1c2ccsc2ccn1Cc1ccc(Br)s1. The van der Waals surface area contributed by atoms with Gasteiger partial charge in [0.15, 0.2) is 0 Å². The summed E-state index contributed by atoms with van der Waals surface area (Å²) in [5.41, 5.74) is 0.0910. The first-order valence-corrected chi connectivity index (χ1v) is 7.54. The van der Waals surface area contributed by atoms with Crippen molar-refractivity contribution in [1.29, 1.82) is 0 Å². The first-order valence-electron chi connectivity index (χ1n) is 5.05. The Morgan fingerprint density at radius 1 is 1.24 bits per heavy atom. The molecule has 3 aromatic heterocycles. The Morgan fingerprint density at radius 3 is 2.88 bits per heavy atom. The average molecular weight is 326 g/mol. The molecule has 0 bridgehead atoms. The topological polar surface area (TPSA) is 22.0 Å². The lowest BCUT2D eigenvalue weighted by atomic mass is 10.3. The van der Waals surface area contributed by atoms with Crippen LogP contribution in [0.2, 0.25) is 0 Å². The van der Waals surface area contributed by atoms with Crippen LogP contribution in [0.5, 0.6) is 0 Å². The zero-order chi connectivity index (χ0) is 11.8. The Morgan fingerprint density at radius 2 is 2.12 bits per heavy atom. The van der Waals surface area contributed by atoms with Gasteiger partial charge in [-0.3, -0.25) is 4.79 Å². The van der Waals surface area contributed by atoms with Gasteiger partial charge in [-0.2, -0.15) is 0 Å². The minimum absolute atomic E-state index is 0.0910. The summed E-state index contributed by atoms with van der Waals surface area (Å²) >= 11 is 6.69. The molecule has 0 saturated heterocycles. The molecule has 5 heteroatoms. The van der Waals surface area contributed by atoms with Crippen molar-refractivity contribution in [2.24, 2.45) is 0 Å². The molecule has 3 rings (SSSR count). The van der Waals surface area contributed by atoms with Crippen LogP contribution >= 0.6 is 38.6 Å². The molecule has 0 aliphatic heterocycles. The number of rotatable bonds is 2. The van der Waals surface area contributed by atoms with Crippen molar-refractivity contribution in [3.63, 3.8) is 0 Å². The van der Waals surface area contributed by atoms with Crippen LogP contribution in [-0.4, -0.2) is 4.57 Å². The van der Waals surface area contributed by atoms with Gasteiger partial charge in [-0.15, -0.1) is 22.7 Å². The number of hydrogen-bond acceptors (Lipinski definition) is 3. The van der Waals surface area contributed by atoms with E-state index in [0.29, 0.717) is 6.54 Å². The number of nitrogens with zero attached hydrogens (tertiary/aromatic N) is 1. The van der Waals surface area contributed by atoms with Gasteiger partial charge in [-0.25, -0.2) is 0 Å². The Labute approximate surface area is 114 Å². The van der Waals surface area contributed by atoms with Crippen LogP contribution in [0.25, 0.3) is 10.1 Å². The maximum Gasteiger partial charge on any atom is 0.259 e. The summed E-state index contributed by atoms with van der Waals surface area (Å²) in [6, 6.07) is 7.94. The Hall–Kier alpha value is -0.910. The Balaban J connectivity index is 2.06. The smallest absolute Gasteiger partial charge is 0.259 e. The number of fused-ring (bicyclic) bond motifs is 1. The normalized spacial score (nSPS) is 11.1. The Kier molecular flexibility index (Phi) is 2.90. The highest BCUT2D eigenvalue weighted by Crippen LogP contribution is 2.23. The van der Waals surface area contributed by atoms with Gasteiger partial charge >= 0.3 is 0 Å². The number of pyridine rings is 1. The second kappa shape index (κ2) is 4.40. The standard InChI is InChI=1S/C12H8BrNOS2/c13-11-2-1-8(17-11)7-14-5-3-10-9(12(14)15)4-6-16-10/h1-6H,7H2. The molecule has 0 amide bonds. The van der Waals surface area contributed by atoms with Gasteiger partial charge in [0.2, 0.25) is 0 Å². The summed E-state index contributed by atoms with van der Waals surface area (Å²) in [4.78, 5) is 13.3. The predicted molar refractivity (Wildman–Crippen MR) is 77.2 cm³/mol. The lowest BCUT2D eigenvalue weighted by Crippen LogP contribution is -2.18.